The monoisotopic (exact) mass is 286 g/mol. The van der Waals surface area contributed by atoms with Crippen LogP contribution in [0.25, 0.3) is 0 Å². The Morgan fingerprint density at radius 2 is 2.10 bits per heavy atom. The van der Waals surface area contributed by atoms with Crippen molar-refractivity contribution in [1.82, 2.24) is 10.6 Å². The molecule has 1 amide bonds. The first-order chi connectivity index (χ1) is 9.60. The molecule has 2 rings (SSSR count). The molecule has 0 fully saturated rings. The summed E-state index contributed by atoms with van der Waals surface area (Å²) in [5.41, 5.74) is 7.01. The molecule has 1 heterocycles. The van der Waals surface area contributed by atoms with Crippen LogP contribution in [0, 0.1) is 17.2 Å². The lowest BCUT2D eigenvalue weighted by molar-refractivity contribution is -0.122. The van der Waals surface area contributed by atoms with Gasteiger partial charge in [-0.05, 0) is 5.56 Å². The van der Waals surface area contributed by atoms with E-state index in [1.165, 1.54) is 0 Å². The van der Waals surface area contributed by atoms with Crippen LogP contribution in [0.4, 0.5) is 0 Å². The molecule has 0 spiro atoms. The molecule has 0 bridgehead atoms. The van der Waals surface area contributed by atoms with Gasteiger partial charge in [0.15, 0.2) is 0 Å². The summed E-state index contributed by atoms with van der Waals surface area (Å²) in [6.07, 6.45) is 0. The second-order valence-electron chi connectivity index (χ2n) is 4.41. The number of nitrogens with one attached hydrogen (secondary N) is 2. The fourth-order valence-electron chi connectivity index (χ4n) is 2.34. The molecule has 20 heavy (non-hydrogen) atoms. The molecule has 0 radical (unpaired) electrons. The first-order valence-electron chi connectivity index (χ1n) is 6.07. The van der Waals surface area contributed by atoms with Gasteiger partial charge in [0, 0.05) is 13.0 Å². The zero-order valence-corrected chi connectivity index (χ0v) is 11.7. The molecule has 4 N–H and O–H groups in total. The molecule has 1 aromatic rings. The molecule has 6 heteroatoms. The molecule has 2 atom stereocenters. The topological polar surface area (TPSA) is 90.9 Å². The summed E-state index contributed by atoms with van der Waals surface area (Å²) in [5, 5.41) is 14.7. The van der Waals surface area contributed by atoms with Gasteiger partial charge in [0.1, 0.15) is 11.7 Å². The molecular weight excluding hydrogens is 272 g/mol. The summed E-state index contributed by atoms with van der Waals surface area (Å²) in [5.74, 6) is -1.13. The number of carbonyl (C=O) groups is 1. The Bertz CT molecular complexity index is 618. The van der Waals surface area contributed by atoms with Crippen LogP contribution in [0.2, 0.25) is 0 Å². The van der Waals surface area contributed by atoms with Gasteiger partial charge in [-0.2, -0.15) is 5.26 Å². The number of nitriles is 1. The lowest BCUT2D eigenvalue weighted by atomic mass is 9.78. The fraction of sp³-hybridized carbons (Fsp3) is 0.214. The van der Waals surface area contributed by atoms with Gasteiger partial charge < -0.3 is 16.4 Å². The average Bonchev–Trinajstić information content (AvgIpc) is 2.46. The number of allylic oxidation sites excluding steroid dienone is 1. The van der Waals surface area contributed by atoms with Crippen molar-refractivity contribution in [3.8, 4) is 6.07 Å². The third kappa shape index (κ3) is 2.36. The van der Waals surface area contributed by atoms with Crippen molar-refractivity contribution in [2.45, 2.75) is 5.92 Å². The number of thiocarbonyl (C=S) groups is 1. The molecule has 0 unspecified atom stereocenters. The van der Waals surface area contributed by atoms with E-state index < -0.39 is 11.8 Å². The Hall–Kier alpha value is -2.39. The van der Waals surface area contributed by atoms with E-state index in [1.807, 2.05) is 30.3 Å². The standard InChI is InChI=1S/C14H14N4OS/c1-17-13(19)11-10(8-5-3-2-4-6-8)9(7-15)12(16)18-14(11)20/h2-6,10-11H,16H2,1H3,(H,17,19)(H,18,20)/t10-,11-/m1/s1. The minimum Gasteiger partial charge on any atom is -0.384 e. The van der Waals surface area contributed by atoms with Crippen LogP contribution >= 0.6 is 12.2 Å². The first kappa shape index (κ1) is 14.0. The number of nitrogens with zero attached hydrogens (tertiary/aromatic N) is 1. The molecule has 0 aromatic heterocycles. The summed E-state index contributed by atoms with van der Waals surface area (Å²) >= 11 is 5.23. The third-order valence-corrected chi connectivity index (χ3v) is 3.64. The SMILES string of the molecule is CNC(=O)[C@@H]1C(=S)NC(N)=C(C#N)[C@H]1c1ccccc1. The molecule has 0 saturated heterocycles. The van der Waals surface area contributed by atoms with Crippen molar-refractivity contribution < 1.29 is 4.79 Å². The molecule has 1 aliphatic heterocycles. The minimum absolute atomic E-state index is 0.214. The number of amides is 1. The summed E-state index contributed by atoms with van der Waals surface area (Å²) in [4.78, 5) is 12.4. The smallest absolute Gasteiger partial charge is 0.230 e. The zero-order chi connectivity index (χ0) is 14.7. The maximum absolute atomic E-state index is 12.1. The van der Waals surface area contributed by atoms with Gasteiger partial charge in [-0.3, -0.25) is 4.79 Å². The van der Waals surface area contributed by atoms with Gasteiger partial charge in [0.2, 0.25) is 5.91 Å². The fourth-order valence-corrected chi connectivity index (χ4v) is 2.69. The van der Waals surface area contributed by atoms with E-state index in [-0.39, 0.29) is 11.7 Å². The van der Waals surface area contributed by atoms with Crippen LogP contribution in [-0.4, -0.2) is 17.9 Å². The largest absolute Gasteiger partial charge is 0.384 e. The van der Waals surface area contributed by atoms with Crippen LogP contribution in [0.1, 0.15) is 11.5 Å². The predicted molar refractivity (Wildman–Crippen MR) is 79.3 cm³/mol. The van der Waals surface area contributed by atoms with Crippen LogP contribution in [0.15, 0.2) is 41.7 Å². The quantitative estimate of drug-likeness (QED) is 0.698. The number of nitrogens with two attached hydrogens (primary N) is 1. The van der Waals surface area contributed by atoms with Crippen molar-refractivity contribution in [3.05, 3.63) is 47.3 Å². The predicted octanol–water partition coefficient (Wildman–Crippen LogP) is 0.757. The third-order valence-electron chi connectivity index (χ3n) is 3.28. The van der Waals surface area contributed by atoms with E-state index in [9.17, 15) is 10.1 Å². The Labute approximate surface area is 122 Å². The minimum atomic E-state index is -0.639. The molecule has 0 aliphatic carbocycles. The Morgan fingerprint density at radius 1 is 1.45 bits per heavy atom. The van der Waals surface area contributed by atoms with E-state index in [4.69, 9.17) is 18.0 Å². The molecule has 0 saturated carbocycles. The van der Waals surface area contributed by atoms with Gasteiger partial charge in [0.25, 0.3) is 0 Å². The lowest BCUT2D eigenvalue weighted by Crippen LogP contribution is -2.48. The Kier molecular flexibility index (Phi) is 4.01. The number of benzene rings is 1. The van der Waals surface area contributed by atoms with E-state index in [1.54, 1.807) is 7.05 Å². The number of hydrogen-bond acceptors (Lipinski definition) is 4. The van der Waals surface area contributed by atoms with E-state index in [0.29, 0.717) is 10.6 Å². The van der Waals surface area contributed by atoms with Crippen LogP contribution in [-0.2, 0) is 4.79 Å². The number of hydrogen-bond donors (Lipinski definition) is 3. The van der Waals surface area contributed by atoms with Gasteiger partial charge in [-0.25, -0.2) is 0 Å². The van der Waals surface area contributed by atoms with Gasteiger partial charge in [0.05, 0.1) is 16.6 Å². The van der Waals surface area contributed by atoms with E-state index >= 15 is 0 Å². The molecular formula is C14H14N4OS. The van der Waals surface area contributed by atoms with Crippen molar-refractivity contribution >= 4 is 23.1 Å². The maximum Gasteiger partial charge on any atom is 0.230 e. The Morgan fingerprint density at radius 3 is 2.65 bits per heavy atom. The zero-order valence-electron chi connectivity index (χ0n) is 10.9. The molecule has 1 aromatic carbocycles. The second kappa shape index (κ2) is 5.72. The Balaban J connectivity index is 2.59. The van der Waals surface area contributed by atoms with Gasteiger partial charge in [-0.15, -0.1) is 0 Å². The highest BCUT2D eigenvalue weighted by Gasteiger charge is 2.40. The first-order valence-corrected chi connectivity index (χ1v) is 6.48. The molecule has 102 valence electrons. The van der Waals surface area contributed by atoms with Crippen LogP contribution in [0.5, 0.6) is 0 Å². The molecule has 5 nitrogen and oxygen atoms in total. The summed E-state index contributed by atoms with van der Waals surface area (Å²) in [6.45, 7) is 0. The highest BCUT2D eigenvalue weighted by molar-refractivity contribution is 7.80. The highest BCUT2D eigenvalue weighted by atomic mass is 32.1. The van der Waals surface area contributed by atoms with Gasteiger partial charge >= 0.3 is 0 Å². The van der Waals surface area contributed by atoms with Crippen molar-refractivity contribution in [3.63, 3.8) is 0 Å². The van der Waals surface area contributed by atoms with Crippen molar-refractivity contribution in [2.75, 3.05) is 7.05 Å². The van der Waals surface area contributed by atoms with Crippen molar-refractivity contribution in [2.24, 2.45) is 11.7 Å². The lowest BCUT2D eigenvalue weighted by Gasteiger charge is -2.32. The summed E-state index contributed by atoms with van der Waals surface area (Å²) in [6, 6.07) is 11.4. The number of carbonyl (C=O) groups excluding carboxylic acids is 1. The summed E-state index contributed by atoms with van der Waals surface area (Å²) in [7, 11) is 1.54. The summed E-state index contributed by atoms with van der Waals surface area (Å²) < 4.78 is 0. The van der Waals surface area contributed by atoms with Crippen molar-refractivity contribution in [1.29, 1.82) is 5.26 Å². The van der Waals surface area contributed by atoms with E-state index in [0.717, 1.165) is 5.56 Å². The average molecular weight is 286 g/mol. The maximum atomic E-state index is 12.1. The number of rotatable bonds is 2. The van der Waals surface area contributed by atoms with Crippen LogP contribution in [0.3, 0.4) is 0 Å². The molecule has 1 aliphatic rings. The van der Waals surface area contributed by atoms with Gasteiger partial charge in [-0.1, -0.05) is 42.5 Å². The van der Waals surface area contributed by atoms with E-state index in [2.05, 4.69) is 16.7 Å². The highest BCUT2D eigenvalue weighted by Crippen LogP contribution is 2.36. The normalized spacial score (nSPS) is 21.9. The van der Waals surface area contributed by atoms with Crippen LogP contribution < -0.4 is 16.4 Å². The second-order valence-corrected chi connectivity index (χ2v) is 4.85.